The molecule has 7 heteroatoms. The molecule has 138 valence electrons. The Morgan fingerprint density at radius 1 is 1.08 bits per heavy atom. The Labute approximate surface area is 153 Å². The highest BCUT2D eigenvalue weighted by molar-refractivity contribution is 5.92. The molecule has 1 aromatic carbocycles. The van der Waals surface area contributed by atoms with Crippen LogP contribution in [-0.4, -0.2) is 48.1 Å². The maximum atomic E-state index is 12.7. The topological polar surface area (TPSA) is 76.6 Å². The van der Waals surface area contributed by atoms with Gasteiger partial charge in [0.05, 0.1) is 19.9 Å². The van der Waals surface area contributed by atoms with Gasteiger partial charge in [-0.2, -0.15) is 0 Å². The summed E-state index contributed by atoms with van der Waals surface area (Å²) in [6, 6.07) is 7.07. The van der Waals surface area contributed by atoms with Crippen LogP contribution >= 0.6 is 0 Å². The first-order valence-corrected chi connectivity index (χ1v) is 8.82. The van der Waals surface area contributed by atoms with Crippen molar-refractivity contribution in [2.45, 2.75) is 25.7 Å². The summed E-state index contributed by atoms with van der Waals surface area (Å²) in [5.41, 5.74) is 1.10. The Kier molecular flexibility index (Phi) is 5.88. The summed E-state index contributed by atoms with van der Waals surface area (Å²) in [6.45, 7) is 1.58. The molecule has 0 unspecified atom stereocenters. The monoisotopic (exact) mass is 356 g/mol. The van der Waals surface area contributed by atoms with E-state index in [9.17, 15) is 4.79 Å². The third-order valence-corrected chi connectivity index (χ3v) is 4.42. The lowest BCUT2D eigenvalue weighted by Gasteiger charge is -2.20. The van der Waals surface area contributed by atoms with E-state index in [2.05, 4.69) is 15.3 Å². The first kappa shape index (κ1) is 18.0. The van der Waals surface area contributed by atoms with Gasteiger partial charge in [-0.25, -0.2) is 9.97 Å². The van der Waals surface area contributed by atoms with E-state index in [0.29, 0.717) is 28.8 Å². The summed E-state index contributed by atoms with van der Waals surface area (Å²) in [6.07, 6.45) is 6.04. The van der Waals surface area contributed by atoms with E-state index in [4.69, 9.17) is 9.47 Å². The third-order valence-electron chi connectivity index (χ3n) is 4.42. The summed E-state index contributed by atoms with van der Waals surface area (Å²) in [5.74, 6) is 1.61. The van der Waals surface area contributed by atoms with Crippen molar-refractivity contribution in [1.29, 1.82) is 0 Å². The van der Waals surface area contributed by atoms with Gasteiger partial charge in [-0.05, 0) is 31.0 Å². The number of methoxy groups -OCH3 is 2. The van der Waals surface area contributed by atoms with Gasteiger partial charge >= 0.3 is 0 Å². The Morgan fingerprint density at radius 2 is 1.85 bits per heavy atom. The van der Waals surface area contributed by atoms with Gasteiger partial charge in [0.15, 0.2) is 0 Å². The number of ether oxygens (including phenoxy) is 2. The van der Waals surface area contributed by atoms with Crippen LogP contribution in [0.25, 0.3) is 0 Å². The summed E-state index contributed by atoms with van der Waals surface area (Å²) in [4.78, 5) is 23.2. The van der Waals surface area contributed by atoms with Gasteiger partial charge in [0.1, 0.15) is 17.2 Å². The third kappa shape index (κ3) is 4.22. The lowest BCUT2D eigenvalue weighted by Crippen LogP contribution is -2.32. The molecule has 0 aliphatic carbocycles. The number of anilines is 2. The van der Waals surface area contributed by atoms with Crippen molar-refractivity contribution in [3.05, 3.63) is 36.2 Å². The molecular weight excluding hydrogens is 332 g/mol. The zero-order valence-electron chi connectivity index (χ0n) is 15.2. The van der Waals surface area contributed by atoms with Crippen LogP contribution in [0.2, 0.25) is 0 Å². The molecule has 2 heterocycles. The molecule has 0 atom stereocenters. The highest BCUT2D eigenvalue weighted by atomic mass is 16.5. The van der Waals surface area contributed by atoms with Gasteiger partial charge in [0.2, 0.25) is 5.95 Å². The molecule has 1 aliphatic rings. The standard InChI is InChI=1S/C19H24N4O3/c1-25-14-7-8-15(17(13-14)26-2)21-19-20-10-9-16(22-19)18(24)23-11-5-3-4-6-12-23/h7-10,13H,3-6,11-12H2,1-2H3,(H,20,21,22). The molecule has 0 spiro atoms. The molecule has 1 amide bonds. The maximum Gasteiger partial charge on any atom is 0.272 e. The van der Waals surface area contributed by atoms with Crippen molar-refractivity contribution in [1.82, 2.24) is 14.9 Å². The quantitative estimate of drug-likeness (QED) is 0.886. The number of hydrogen-bond donors (Lipinski definition) is 1. The highest BCUT2D eigenvalue weighted by Gasteiger charge is 2.19. The molecule has 1 saturated heterocycles. The van der Waals surface area contributed by atoms with Crippen LogP contribution in [0.4, 0.5) is 11.6 Å². The molecule has 0 radical (unpaired) electrons. The van der Waals surface area contributed by atoms with E-state index in [0.717, 1.165) is 25.9 Å². The fourth-order valence-corrected chi connectivity index (χ4v) is 3.00. The molecule has 26 heavy (non-hydrogen) atoms. The molecule has 7 nitrogen and oxygen atoms in total. The second kappa shape index (κ2) is 8.51. The molecule has 1 N–H and O–H groups in total. The fraction of sp³-hybridized carbons (Fsp3) is 0.421. The van der Waals surface area contributed by atoms with Crippen molar-refractivity contribution in [2.24, 2.45) is 0 Å². The molecule has 2 aromatic rings. The number of rotatable bonds is 5. The van der Waals surface area contributed by atoms with Crippen LogP contribution in [-0.2, 0) is 0 Å². The number of nitrogens with one attached hydrogen (secondary N) is 1. The predicted molar refractivity (Wildman–Crippen MR) is 99.2 cm³/mol. The number of benzene rings is 1. The smallest absolute Gasteiger partial charge is 0.272 e. The molecule has 0 saturated carbocycles. The van der Waals surface area contributed by atoms with Gasteiger partial charge in [-0.1, -0.05) is 12.8 Å². The number of aromatic nitrogens is 2. The average Bonchev–Trinajstić information content (AvgIpc) is 2.97. The van der Waals surface area contributed by atoms with Crippen molar-refractivity contribution < 1.29 is 14.3 Å². The van der Waals surface area contributed by atoms with E-state index >= 15 is 0 Å². The predicted octanol–water partition coefficient (Wildman–Crippen LogP) is 3.25. The van der Waals surface area contributed by atoms with Crippen molar-refractivity contribution in [2.75, 3.05) is 32.6 Å². The van der Waals surface area contributed by atoms with Gasteiger partial charge in [0.25, 0.3) is 5.91 Å². The molecule has 0 bridgehead atoms. The van der Waals surface area contributed by atoms with Crippen molar-refractivity contribution in [3.8, 4) is 11.5 Å². The SMILES string of the molecule is COc1ccc(Nc2nccc(C(=O)N3CCCCCC3)n2)c(OC)c1. The number of nitrogens with zero attached hydrogens (tertiary/aromatic N) is 3. The molecule has 3 rings (SSSR count). The Hall–Kier alpha value is -2.83. The van der Waals surface area contributed by atoms with Gasteiger partial charge in [-0.15, -0.1) is 0 Å². The lowest BCUT2D eigenvalue weighted by atomic mass is 10.2. The minimum absolute atomic E-state index is 0.0426. The number of hydrogen-bond acceptors (Lipinski definition) is 6. The van der Waals surface area contributed by atoms with Crippen molar-refractivity contribution in [3.63, 3.8) is 0 Å². The average molecular weight is 356 g/mol. The Morgan fingerprint density at radius 3 is 2.54 bits per heavy atom. The number of amides is 1. The largest absolute Gasteiger partial charge is 0.497 e. The first-order valence-electron chi connectivity index (χ1n) is 8.82. The van der Waals surface area contributed by atoms with E-state index in [-0.39, 0.29) is 5.91 Å². The summed E-state index contributed by atoms with van der Waals surface area (Å²) in [5, 5.41) is 3.11. The van der Waals surface area contributed by atoms with Crippen LogP contribution < -0.4 is 14.8 Å². The minimum Gasteiger partial charge on any atom is -0.497 e. The molecule has 1 aliphatic heterocycles. The van der Waals surface area contributed by atoms with Crippen LogP contribution in [0, 0.1) is 0 Å². The summed E-state index contributed by atoms with van der Waals surface area (Å²) >= 11 is 0. The lowest BCUT2D eigenvalue weighted by molar-refractivity contribution is 0.0755. The van der Waals surface area contributed by atoms with E-state index in [1.54, 1.807) is 32.5 Å². The summed E-state index contributed by atoms with van der Waals surface area (Å²) < 4.78 is 10.6. The minimum atomic E-state index is -0.0426. The van der Waals surface area contributed by atoms with Crippen LogP contribution in [0.3, 0.4) is 0 Å². The van der Waals surface area contributed by atoms with E-state index in [1.165, 1.54) is 12.8 Å². The van der Waals surface area contributed by atoms with Gasteiger partial charge in [-0.3, -0.25) is 4.79 Å². The highest BCUT2D eigenvalue weighted by Crippen LogP contribution is 2.30. The normalized spacial score (nSPS) is 14.5. The number of likely N-dealkylation sites (tertiary alicyclic amines) is 1. The zero-order chi connectivity index (χ0) is 18.4. The number of carbonyl (C=O) groups excluding carboxylic acids is 1. The van der Waals surface area contributed by atoms with E-state index in [1.807, 2.05) is 17.0 Å². The van der Waals surface area contributed by atoms with Crippen LogP contribution in [0.5, 0.6) is 11.5 Å². The second-order valence-electron chi connectivity index (χ2n) is 6.16. The first-order chi connectivity index (χ1) is 12.7. The van der Waals surface area contributed by atoms with Gasteiger partial charge in [0, 0.05) is 25.4 Å². The van der Waals surface area contributed by atoms with Gasteiger partial charge < -0.3 is 19.7 Å². The zero-order valence-corrected chi connectivity index (χ0v) is 15.2. The van der Waals surface area contributed by atoms with Crippen LogP contribution in [0.15, 0.2) is 30.5 Å². The fourth-order valence-electron chi connectivity index (χ4n) is 3.00. The summed E-state index contributed by atoms with van der Waals surface area (Å²) in [7, 11) is 3.18. The number of carbonyl (C=O) groups is 1. The van der Waals surface area contributed by atoms with E-state index < -0.39 is 0 Å². The molecule has 1 aromatic heterocycles. The second-order valence-corrected chi connectivity index (χ2v) is 6.16. The Balaban J connectivity index is 1.78. The van der Waals surface area contributed by atoms with Crippen LogP contribution in [0.1, 0.15) is 36.2 Å². The maximum absolute atomic E-state index is 12.7. The van der Waals surface area contributed by atoms with Crippen molar-refractivity contribution >= 4 is 17.5 Å². The molecular formula is C19H24N4O3. The Bertz CT molecular complexity index is 758. The molecule has 1 fully saturated rings.